The Morgan fingerprint density at radius 1 is 1.08 bits per heavy atom. The van der Waals surface area contributed by atoms with E-state index in [2.05, 4.69) is 5.32 Å². The molecule has 3 nitrogen and oxygen atoms in total. The highest BCUT2D eigenvalue weighted by Gasteiger charge is 2.30. The van der Waals surface area contributed by atoms with Crippen LogP contribution in [0.2, 0.25) is 0 Å². The molecule has 0 radical (unpaired) electrons. The Labute approximate surface area is 141 Å². The zero-order valence-corrected chi connectivity index (χ0v) is 14.0. The van der Waals surface area contributed by atoms with Gasteiger partial charge in [0.05, 0.1) is 5.56 Å². The largest absolute Gasteiger partial charge is 0.416 e. The van der Waals surface area contributed by atoms with Crippen LogP contribution in [0.25, 0.3) is 0 Å². The van der Waals surface area contributed by atoms with E-state index >= 15 is 0 Å². The fraction of sp³-hybridized carbons (Fsp3) is 0.294. The van der Waals surface area contributed by atoms with Crippen molar-refractivity contribution in [3.05, 3.63) is 51.2 Å². The SMILES string of the molecule is Cc1cc(C(=O)CCC(=O)Nc2ccc(C(F)(F)F)cc2)c(C)s1. The third-order valence-corrected chi connectivity index (χ3v) is 4.38. The fourth-order valence-corrected chi connectivity index (χ4v) is 3.18. The summed E-state index contributed by atoms with van der Waals surface area (Å²) in [6, 6.07) is 5.98. The summed E-state index contributed by atoms with van der Waals surface area (Å²) in [6.07, 6.45) is -4.37. The number of Topliss-reactive ketones (excluding diaryl/α,β-unsaturated/α-hetero) is 1. The van der Waals surface area contributed by atoms with Crippen molar-refractivity contribution in [1.82, 2.24) is 0 Å². The number of hydrogen-bond acceptors (Lipinski definition) is 3. The zero-order chi connectivity index (χ0) is 17.9. The molecule has 24 heavy (non-hydrogen) atoms. The molecule has 1 N–H and O–H groups in total. The maximum Gasteiger partial charge on any atom is 0.416 e. The van der Waals surface area contributed by atoms with Crippen LogP contribution in [0.4, 0.5) is 18.9 Å². The van der Waals surface area contributed by atoms with Gasteiger partial charge in [-0.2, -0.15) is 13.2 Å². The van der Waals surface area contributed by atoms with Gasteiger partial charge < -0.3 is 5.32 Å². The third kappa shape index (κ3) is 4.67. The van der Waals surface area contributed by atoms with Crippen LogP contribution in [0.3, 0.4) is 0 Å². The molecule has 0 saturated heterocycles. The highest BCUT2D eigenvalue weighted by molar-refractivity contribution is 7.12. The van der Waals surface area contributed by atoms with Crippen LogP contribution in [0.15, 0.2) is 30.3 Å². The first-order valence-corrected chi connectivity index (χ1v) is 8.06. The molecule has 0 aliphatic rings. The monoisotopic (exact) mass is 355 g/mol. The second kappa shape index (κ2) is 7.17. The van der Waals surface area contributed by atoms with Crippen molar-refractivity contribution >= 4 is 28.7 Å². The topological polar surface area (TPSA) is 46.2 Å². The number of nitrogens with one attached hydrogen (secondary N) is 1. The lowest BCUT2D eigenvalue weighted by molar-refractivity contribution is -0.137. The first-order valence-electron chi connectivity index (χ1n) is 7.24. The zero-order valence-electron chi connectivity index (χ0n) is 13.2. The van der Waals surface area contributed by atoms with E-state index < -0.39 is 17.6 Å². The molecule has 0 fully saturated rings. The average Bonchev–Trinajstić information content (AvgIpc) is 2.83. The molecule has 128 valence electrons. The predicted molar refractivity (Wildman–Crippen MR) is 87.4 cm³/mol. The lowest BCUT2D eigenvalue weighted by Crippen LogP contribution is -2.14. The Morgan fingerprint density at radius 3 is 2.21 bits per heavy atom. The molecule has 0 bridgehead atoms. The van der Waals surface area contributed by atoms with Gasteiger partial charge in [-0.1, -0.05) is 0 Å². The summed E-state index contributed by atoms with van der Waals surface area (Å²) in [5, 5.41) is 2.49. The van der Waals surface area contributed by atoms with Crippen molar-refractivity contribution in [2.45, 2.75) is 32.9 Å². The Kier molecular flexibility index (Phi) is 5.43. The Hall–Kier alpha value is -2.15. The first kappa shape index (κ1) is 18.2. The highest BCUT2D eigenvalue weighted by atomic mass is 32.1. The molecular weight excluding hydrogens is 339 g/mol. The van der Waals surface area contributed by atoms with Gasteiger partial charge in [-0.15, -0.1) is 11.3 Å². The smallest absolute Gasteiger partial charge is 0.326 e. The number of carbonyl (C=O) groups excluding carboxylic acids is 2. The summed E-state index contributed by atoms with van der Waals surface area (Å²) >= 11 is 1.52. The Morgan fingerprint density at radius 2 is 1.71 bits per heavy atom. The maximum absolute atomic E-state index is 12.5. The van der Waals surface area contributed by atoms with Crippen LogP contribution in [-0.2, 0) is 11.0 Å². The van der Waals surface area contributed by atoms with E-state index in [1.54, 1.807) is 6.07 Å². The standard InChI is InChI=1S/C17H16F3NO2S/c1-10-9-14(11(2)24-10)15(22)7-8-16(23)21-13-5-3-12(4-6-13)17(18,19)20/h3-6,9H,7-8H2,1-2H3,(H,21,23). The van der Waals surface area contributed by atoms with E-state index in [0.29, 0.717) is 5.56 Å². The van der Waals surface area contributed by atoms with E-state index in [0.717, 1.165) is 21.9 Å². The average molecular weight is 355 g/mol. The molecule has 0 aliphatic carbocycles. The minimum atomic E-state index is -4.41. The number of ketones is 1. The summed E-state index contributed by atoms with van der Waals surface area (Å²) in [4.78, 5) is 25.9. The normalized spacial score (nSPS) is 11.4. The van der Waals surface area contributed by atoms with Gasteiger partial charge in [-0.25, -0.2) is 0 Å². The number of carbonyl (C=O) groups is 2. The predicted octanol–water partition coefficient (Wildman–Crippen LogP) is 4.99. The van der Waals surface area contributed by atoms with E-state index in [4.69, 9.17) is 0 Å². The quantitative estimate of drug-likeness (QED) is 0.769. The van der Waals surface area contributed by atoms with Gasteiger partial charge in [-0.3, -0.25) is 9.59 Å². The summed E-state index contributed by atoms with van der Waals surface area (Å²) in [6.45, 7) is 3.76. The second-order valence-electron chi connectivity index (χ2n) is 5.37. The second-order valence-corrected chi connectivity index (χ2v) is 6.83. The number of anilines is 1. The number of rotatable bonds is 5. The van der Waals surface area contributed by atoms with Crippen molar-refractivity contribution in [2.24, 2.45) is 0 Å². The summed E-state index contributed by atoms with van der Waals surface area (Å²) in [5.74, 6) is -0.521. The van der Waals surface area contributed by atoms with E-state index in [1.165, 1.54) is 23.5 Å². The number of thiophene rings is 1. The molecule has 7 heteroatoms. The molecular formula is C17H16F3NO2S. The van der Waals surface area contributed by atoms with Gasteiger partial charge in [-0.05, 0) is 44.2 Å². The van der Waals surface area contributed by atoms with Crippen LogP contribution in [-0.4, -0.2) is 11.7 Å². The number of amides is 1. The molecule has 0 unspecified atom stereocenters. The summed E-state index contributed by atoms with van der Waals surface area (Å²) in [5.41, 5.74) is 0.113. The number of halogens is 3. The molecule has 0 atom stereocenters. The number of alkyl halides is 3. The van der Waals surface area contributed by atoms with Crippen LogP contribution >= 0.6 is 11.3 Å². The minimum Gasteiger partial charge on any atom is -0.326 e. The van der Waals surface area contributed by atoms with Crippen molar-refractivity contribution in [2.75, 3.05) is 5.32 Å². The lowest BCUT2D eigenvalue weighted by atomic mass is 10.1. The highest BCUT2D eigenvalue weighted by Crippen LogP contribution is 2.29. The Bertz CT molecular complexity index is 748. The number of hydrogen-bond donors (Lipinski definition) is 1. The number of benzene rings is 1. The van der Waals surface area contributed by atoms with E-state index in [1.807, 2.05) is 13.8 Å². The first-order chi connectivity index (χ1) is 11.2. The lowest BCUT2D eigenvalue weighted by Gasteiger charge is -2.08. The van der Waals surface area contributed by atoms with Crippen molar-refractivity contribution in [3.8, 4) is 0 Å². The molecule has 0 spiro atoms. The molecule has 2 rings (SSSR count). The van der Waals surface area contributed by atoms with Crippen molar-refractivity contribution in [3.63, 3.8) is 0 Å². The van der Waals surface area contributed by atoms with Gasteiger partial charge >= 0.3 is 6.18 Å². The molecule has 0 saturated carbocycles. The van der Waals surface area contributed by atoms with E-state index in [9.17, 15) is 22.8 Å². The molecule has 0 aliphatic heterocycles. The van der Waals surface area contributed by atoms with Gasteiger partial charge in [0.2, 0.25) is 5.91 Å². The van der Waals surface area contributed by atoms with Crippen molar-refractivity contribution in [1.29, 1.82) is 0 Å². The van der Waals surface area contributed by atoms with Crippen LogP contribution in [0.1, 0.15) is 38.5 Å². The molecule has 1 heterocycles. The van der Waals surface area contributed by atoms with Gasteiger partial charge in [0.15, 0.2) is 5.78 Å². The molecule has 1 aromatic heterocycles. The molecule has 2 aromatic rings. The van der Waals surface area contributed by atoms with Gasteiger partial charge in [0.25, 0.3) is 0 Å². The Balaban J connectivity index is 1.89. The fourth-order valence-electron chi connectivity index (χ4n) is 2.24. The van der Waals surface area contributed by atoms with Crippen molar-refractivity contribution < 1.29 is 22.8 Å². The van der Waals surface area contributed by atoms with Gasteiger partial charge in [0.1, 0.15) is 0 Å². The van der Waals surface area contributed by atoms with Gasteiger partial charge in [0, 0.05) is 33.8 Å². The van der Waals surface area contributed by atoms with E-state index in [-0.39, 0.29) is 24.3 Å². The van der Waals surface area contributed by atoms with Crippen LogP contribution < -0.4 is 5.32 Å². The third-order valence-electron chi connectivity index (χ3n) is 3.42. The maximum atomic E-state index is 12.5. The summed E-state index contributed by atoms with van der Waals surface area (Å²) < 4.78 is 37.4. The minimum absolute atomic E-state index is 0.0197. The number of aryl methyl sites for hydroxylation is 2. The van der Waals surface area contributed by atoms with Crippen LogP contribution in [0, 0.1) is 13.8 Å². The van der Waals surface area contributed by atoms with Crippen LogP contribution in [0.5, 0.6) is 0 Å². The molecule has 1 amide bonds. The molecule has 1 aromatic carbocycles. The summed E-state index contributed by atoms with van der Waals surface area (Å²) in [7, 11) is 0.